The molecule has 3 N–H and O–H groups in total. The number of thioether (sulfide) groups is 1. The van der Waals surface area contributed by atoms with Crippen LogP contribution in [0.15, 0.2) is 35.5 Å². The van der Waals surface area contributed by atoms with Crippen LogP contribution < -0.4 is 11.1 Å². The average Bonchev–Trinajstić information content (AvgIpc) is 2.45. The van der Waals surface area contributed by atoms with Crippen LogP contribution >= 0.6 is 11.8 Å². The molecule has 0 saturated carbocycles. The first kappa shape index (κ1) is 16.3. The van der Waals surface area contributed by atoms with Crippen molar-refractivity contribution in [2.75, 3.05) is 5.73 Å². The second-order valence-electron chi connectivity index (χ2n) is 5.18. The van der Waals surface area contributed by atoms with Crippen molar-refractivity contribution in [3.8, 4) is 0 Å². The van der Waals surface area contributed by atoms with Gasteiger partial charge in [0, 0.05) is 18.3 Å². The molecule has 0 spiro atoms. The van der Waals surface area contributed by atoms with E-state index >= 15 is 0 Å². The standard InChI is InChI=1S/C16H20N4OS/c1-10-4-6-13(7-5-10)9-18-15(21)12(3)22-16-19-11(2)8-14(17)20-16/h4-8,12H,9H2,1-3H3,(H,18,21)(H2,17,19,20)/t12-/m1/s1. The molecule has 0 aliphatic rings. The van der Waals surface area contributed by atoms with Crippen LogP contribution in [0.25, 0.3) is 0 Å². The number of aryl methyl sites for hydroxylation is 2. The molecular weight excluding hydrogens is 296 g/mol. The molecule has 1 atom stereocenters. The van der Waals surface area contributed by atoms with Crippen molar-refractivity contribution in [2.24, 2.45) is 0 Å². The Balaban J connectivity index is 1.90. The first-order valence-electron chi connectivity index (χ1n) is 7.05. The Labute approximate surface area is 134 Å². The number of nitrogens with two attached hydrogens (primary N) is 1. The molecule has 2 rings (SSSR count). The summed E-state index contributed by atoms with van der Waals surface area (Å²) in [5, 5.41) is 3.16. The third-order valence-corrected chi connectivity index (χ3v) is 4.05. The van der Waals surface area contributed by atoms with Crippen LogP contribution in [-0.2, 0) is 11.3 Å². The first-order valence-corrected chi connectivity index (χ1v) is 7.93. The zero-order valence-electron chi connectivity index (χ0n) is 13.0. The van der Waals surface area contributed by atoms with Gasteiger partial charge < -0.3 is 11.1 Å². The fourth-order valence-electron chi connectivity index (χ4n) is 1.87. The number of carbonyl (C=O) groups is 1. The number of hydrogen-bond acceptors (Lipinski definition) is 5. The predicted octanol–water partition coefficient (Wildman–Crippen LogP) is 2.47. The fraction of sp³-hybridized carbons (Fsp3) is 0.312. The predicted molar refractivity (Wildman–Crippen MR) is 89.5 cm³/mol. The van der Waals surface area contributed by atoms with Gasteiger partial charge in [-0.3, -0.25) is 4.79 Å². The quantitative estimate of drug-likeness (QED) is 0.654. The Morgan fingerprint density at radius 1 is 1.27 bits per heavy atom. The van der Waals surface area contributed by atoms with Crippen molar-refractivity contribution in [1.29, 1.82) is 0 Å². The topological polar surface area (TPSA) is 80.9 Å². The molecule has 0 saturated heterocycles. The van der Waals surface area contributed by atoms with E-state index in [-0.39, 0.29) is 11.2 Å². The van der Waals surface area contributed by atoms with Gasteiger partial charge in [0.25, 0.3) is 0 Å². The van der Waals surface area contributed by atoms with Crippen molar-refractivity contribution in [2.45, 2.75) is 37.7 Å². The third-order valence-electron chi connectivity index (χ3n) is 3.09. The normalized spacial score (nSPS) is 12.0. The maximum Gasteiger partial charge on any atom is 0.233 e. The van der Waals surface area contributed by atoms with Gasteiger partial charge in [-0.25, -0.2) is 9.97 Å². The lowest BCUT2D eigenvalue weighted by Gasteiger charge is -2.11. The third kappa shape index (κ3) is 4.73. The molecule has 0 aliphatic carbocycles. The van der Waals surface area contributed by atoms with Crippen molar-refractivity contribution >= 4 is 23.5 Å². The molecule has 2 aromatic rings. The molecule has 1 aromatic carbocycles. The number of anilines is 1. The number of benzene rings is 1. The van der Waals surface area contributed by atoms with E-state index in [0.29, 0.717) is 17.5 Å². The minimum Gasteiger partial charge on any atom is -0.384 e. The highest BCUT2D eigenvalue weighted by Crippen LogP contribution is 2.20. The second kappa shape index (κ2) is 7.26. The van der Waals surface area contributed by atoms with Crippen LogP contribution in [0, 0.1) is 13.8 Å². The smallest absolute Gasteiger partial charge is 0.233 e. The number of carbonyl (C=O) groups excluding carboxylic acids is 1. The summed E-state index contributed by atoms with van der Waals surface area (Å²) in [4.78, 5) is 20.5. The Morgan fingerprint density at radius 2 is 1.95 bits per heavy atom. The summed E-state index contributed by atoms with van der Waals surface area (Å²) in [5.74, 6) is 0.372. The molecular formula is C16H20N4OS. The maximum atomic E-state index is 12.1. The molecule has 1 amide bonds. The number of rotatable bonds is 5. The van der Waals surface area contributed by atoms with Crippen LogP contribution in [0.1, 0.15) is 23.7 Å². The highest BCUT2D eigenvalue weighted by atomic mass is 32.2. The lowest BCUT2D eigenvalue weighted by molar-refractivity contribution is -0.120. The molecule has 0 aliphatic heterocycles. The van der Waals surface area contributed by atoms with Crippen molar-refractivity contribution in [3.63, 3.8) is 0 Å². The summed E-state index contributed by atoms with van der Waals surface area (Å²) in [5.41, 5.74) is 8.77. The largest absolute Gasteiger partial charge is 0.384 e. The van der Waals surface area contributed by atoms with E-state index in [0.717, 1.165) is 11.3 Å². The second-order valence-corrected chi connectivity index (χ2v) is 6.49. The van der Waals surface area contributed by atoms with Gasteiger partial charge in [-0.1, -0.05) is 41.6 Å². The van der Waals surface area contributed by atoms with Crippen LogP contribution in [0.3, 0.4) is 0 Å². The fourth-order valence-corrected chi connectivity index (χ4v) is 2.73. The molecule has 116 valence electrons. The molecule has 0 bridgehead atoms. The van der Waals surface area contributed by atoms with Crippen molar-refractivity contribution in [1.82, 2.24) is 15.3 Å². The Bertz CT molecular complexity index is 637. The van der Waals surface area contributed by atoms with Gasteiger partial charge in [0.1, 0.15) is 5.82 Å². The van der Waals surface area contributed by atoms with E-state index in [1.807, 2.05) is 45.0 Å². The average molecular weight is 316 g/mol. The van der Waals surface area contributed by atoms with Gasteiger partial charge in [0.15, 0.2) is 5.16 Å². The monoisotopic (exact) mass is 316 g/mol. The number of nitrogen functional groups attached to an aromatic ring is 1. The number of nitrogens with zero attached hydrogens (tertiary/aromatic N) is 2. The molecule has 1 heterocycles. The summed E-state index contributed by atoms with van der Waals surface area (Å²) < 4.78 is 0. The lowest BCUT2D eigenvalue weighted by atomic mass is 10.1. The van der Waals surface area contributed by atoms with E-state index in [1.54, 1.807) is 6.07 Å². The molecule has 0 unspecified atom stereocenters. The molecule has 0 fully saturated rings. The zero-order chi connectivity index (χ0) is 16.1. The number of hydrogen-bond donors (Lipinski definition) is 2. The molecule has 6 heteroatoms. The SMILES string of the molecule is Cc1ccc(CNC(=O)[C@@H](C)Sc2nc(C)cc(N)n2)cc1. The molecule has 5 nitrogen and oxygen atoms in total. The Kier molecular flexibility index (Phi) is 5.38. The van der Waals surface area contributed by atoms with Crippen molar-refractivity contribution < 1.29 is 4.79 Å². The van der Waals surface area contributed by atoms with Gasteiger partial charge in [0.2, 0.25) is 5.91 Å². The van der Waals surface area contributed by atoms with E-state index in [9.17, 15) is 4.79 Å². The van der Waals surface area contributed by atoms with Crippen LogP contribution in [0.5, 0.6) is 0 Å². The van der Waals surface area contributed by atoms with Gasteiger partial charge in [0.05, 0.1) is 5.25 Å². The minimum atomic E-state index is -0.286. The Morgan fingerprint density at radius 3 is 2.59 bits per heavy atom. The minimum absolute atomic E-state index is 0.0470. The van der Waals surface area contributed by atoms with E-state index in [2.05, 4.69) is 15.3 Å². The number of amides is 1. The van der Waals surface area contributed by atoms with Crippen LogP contribution in [-0.4, -0.2) is 21.1 Å². The number of nitrogens with one attached hydrogen (secondary N) is 1. The summed E-state index contributed by atoms with van der Waals surface area (Å²) in [7, 11) is 0. The summed E-state index contributed by atoms with van der Waals surface area (Å²) in [6.07, 6.45) is 0. The van der Waals surface area contributed by atoms with E-state index in [1.165, 1.54) is 17.3 Å². The zero-order valence-corrected chi connectivity index (χ0v) is 13.8. The molecule has 1 aromatic heterocycles. The van der Waals surface area contributed by atoms with E-state index < -0.39 is 0 Å². The summed E-state index contributed by atoms with van der Waals surface area (Å²) >= 11 is 1.30. The van der Waals surface area contributed by atoms with Gasteiger partial charge in [-0.2, -0.15) is 0 Å². The van der Waals surface area contributed by atoms with Crippen LogP contribution in [0.2, 0.25) is 0 Å². The van der Waals surface area contributed by atoms with Crippen LogP contribution in [0.4, 0.5) is 5.82 Å². The van der Waals surface area contributed by atoms with Gasteiger partial charge >= 0.3 is 0 Å². The van der Waals surface area contributed by atoms with Gasteiger partial charge in [-0.15, -0.1) is 0 Å². The molecule has 0 radical (unpaired) electrons. The lowest BCUT2D eigenvalue weighted by Crippen LogP contribution is -2.30. The van der Waals surface area contributed by atoms with Gasteiger partial charge in [-0.05, 0) is 26.3 Å². The molecule has 22 heavy (non-hydrogen) atoms. The summed E-state index contributed by atoms with van der Waals surface area (Å²) in [6.45, 7) is 6.23. The first-order chi connectivity index (χ1) is 10.4. The van der Waals surface area contributed by atoms with Crippen molar-refractivity contribution in [3.05, 3.63) is 47.2 Å². The highest BCUT2D eigenvalue weighted by molar-refractivity contribution is 8.00. The van der Waals surface area contributed by atoms with E-state index in [4.69, 9.17) is 5.73 Å². The number of aromatic nitrogens is 2. The Hall–Kier alpha value is -2.08. The summed E-state index contributed by atoms with van der Waals surface area (Å²) in [6, 6.07) is 9.79. The maximum absolute atomic E-state index is 12.1. The highest BCUT2D eigenvalue weighted by Gasteiger charge is 2.16.